The van der Waals surface area contributed by atoms with Crippen molar-refractivity contribution in [3.63, 3.8) is 0 Å². The summed E-state index contributed by atoms with van der Waals surface area (Å²) in [5, 5.41) is 14.0. The molecule has 0 saturated carbocycles. The fraction of sp³-hybridized carbons (Fsp3) is 0.708. The number of carbonyl (C=O) groups excluding carboxylic acids is 2. The number of alkyl carbamates (subject to hydrolysis) is 1. The van der Waals surface area contributed by atoms with Crippen LogP contribution in [0.2, 0.25) is 0 Å². The third kappa shape index (κ3) is 6.98. The Morgan fingerprint density at radius 2 is 2.10 bits per heavy atom. The maximum absolute atomic E-state index is 13.3. The van der Waals surface area contributed by atoms with E-state index in [0.29, 0.717) is 18.5 Å². The maximum atomic E-state index is 13.3. The van der Waals surface area contributed by atoms with Gasteiger partial charge >= 0.3 is 13.9 Å². The smallest absolute Gasteiger partial charge is 0.475 e. The molecule has 2 aromatic rings. The van der Waals surface area contributed by atoms with Crippen molar-refractivity contribution in [2.75, 3.05) is 44.5 Å². The molecule has 234 valence electrons. The molecule has 42 heavy (non-hydrogen) atoms. The Morgan fingerprint density at radius 1 is 1.33 bits per heavy atom. The number of hydrogen-bond acceptors (Lipinski definition) is 15. The summed E-state index contributed by atoms with van der Waals surface area (Å²) in [5.41, 5.74) is 4.02. The predicted molar refractivity (Wildman–Crippen MR) is 151 cm³/mol. The van der Waals surface area contributed by atoms with Gasteiger partial charge in [-0.3, -0.25) is 22.9 Å². The number of amides is 1. The third-order valence-electron chi connectivity index (χ3n) is 6.71. The standard InChI is InChI=1S/C24H37N6O10PS/c1-6-35-18-15-17(28-21(25)29-18)30(13-27-15)19-24(5,33)16-14(39-19)12-38-41(34,40-16)37-10-11-42-20(31)23(3,4)8-9-26-22(32)36-7-2/h13-14,16,19,33H,6-12H2,1-5H3,(H,26,32)(H2,25,28,29)/t14-,16-,19-,24-,41+/m1/s1. The molecule has 0 unspecified atom stereocenters. The van der Waals surface area contributed by atoms with Crippen LogP contribution < -0.4 is 15.8 Å². The van der Waals surface area contributed by atoms with Crippen LogP contribution in [-0.4, -0.2) is 92.4 Å². The summed E-state index contributed by atoms with van der Waals surface area (Å²) in [6.45, 7) is 9.10. The van der Waals surface area contributed by atoms with Crippen LogP contribution in [0.15, 0.2) is 6.33 Å². The number of nitrogens with one attached hydrogen (secondary N) is 1. The lowest BCUT2D eigenvalue weighted by molar-refractivity contribution is -0.118. The number of nitrogens with two attached hydrogens (primary N) is 1. The minimum Gasteiger partial charge on any atom is -0.476 e. The van der Waals surface area contributed by atoms with Gasteiger partial charge in [-0.15, -0.1) is 0 Å². The summed E-state index contributed by atoms with van der Waals surface area (Å²) >= 11 is 1.01. The average molecular weight is 633 g/mol. The van der Waals surface area contributed by atoms with Gasteiger partial charge in [0.15, 0.2) is 22.5 Å². The quantitative estimate of drug-likeness (QED) is 0.227. The molecule has 4 N–H and O–H groups in total. The molecule has 0 aromatic carbocycles. The van der Waals surface area contributed by atoms with Crippen LogP contribution in [0, 0.1) is 5.41 Å². The highest BCUT2D eigenvalue weighted by Crippen LogP contribution is 2.59. The highest BCUT2D eigenvalue weighted by atomic mass is 32.2. The SMILES string of the molecule is CCOC(=O)NCCC(C)(C)C(=O)SCCO[P@@]1(=O)OC[C@H]2O[C@@H](n3cnc4c(OCC)nc(N)nc43)[C@](C)(O)[C@@H]2O1. The van der Waals surface area contributed by atoms with Gasteiger partial charge in [-0.2, -0.15) is 9.97 Å². The molecule has 0 radical (unpaired) electrons. The molecule has 0 spiro atoms. The number of fused-ring (bicyclic) bond motifs is 2. The number of aliphatic hydroxyl groups is 1. The van der Waals surface area contributed by atoms with E-state index in [2.05, 4.69) is 20.3 Å². The van der Waals surface area contributed by atoms with Crippen molar-refractivity contribution in [2.45, 2.75) is 65.1 Å². The van der Waals surface area contributed by atoms with E-state index in [0.717, 1.165) is 11.8 Å². The largest absolute Gasteiger partial charge is 0.476 e. The Morgan fingerprint density at radius 3 is 2.81 bits per heavy atom. The van der Waals surface area contributed by atoms with Crippen molar-refractivity contribution < 1.29 is 47.0 Å². The van der Waals surface area contributed by atoms with E-state index in [4.69, 9.17) is 33.5 Å². The van der Waals surface area contributed by atoms with Crippen molar-refractivity contribution in [1.29, 1.82) is 0 Å². The molecule has 1 amide bonds. The predicted octanol–water partition coefficient (Wildman–Crippen LogP) is 2.42. The first-order valence-electron chi connectivity index (χ1n) is 13.5. The Balaban J connectivity index is 1.33. The lowest BCUT2D eigenvalue weighted by Gasteiger charge is -2.35. The highest BCUT2D eigenvalue weighted by Gasteiger charge is 2.60. The lowest BCUT2D eigenvalue weighted by Crippen LogP contribution is -2.47. The number of carbonyl (C=O) groups is 2. The number of phosphoric ester groups is 1. The Kier molecular flexibility index (Phi) is 10.0. The van der Waals surface area contributed by atoms with Crippen LogP contribution in [0.1, 0.15) is 47.3 Å². The monoisotopic (exact) mass is 632 g/mol. The van der Waals surface area contributed by atoms with Gasteiger partial charge < -0.3 is 30.4 Å². The normalized spacial score (nSPS) is 27.5. The zero-order chi connectivity index (χ0) is 30.7. The minimum atomic E-state index is -4.09. The molecule has 4 rings (SSSR count). The van der Waals surface area contributed by atoms with E-state index in [1.807, 2.05) is 0 Å². The van der Waals surface area contributed by atoms with Crippen LogP contribution in [0.4, 0.5) is 10.7 Å². The van der Waals surface area contributed by atoms with Crippen molar-refractivity contribution >= 4 is 47.9 Å². The molecule has 2 aliphatic rings. The number of nitrogens with zero attached hydrogens (tertiary/aromatic N) is 4. The first kappa shape index (κ1) is 32.4. The molecule has 2 saturated heterocycles. The van der Waals surface area contributed by atoms with E-state index < -0.39 is 43.4 Å². The van der Waals surface area contributed by atoms with Gasteiger partial charge in [-0.25, -0.2) is 14.3 Å². The van der Waals surface area contributed by atoms with Crippen molar-refractivity contribution in [3.8, 4) is 5.88 Å². The summed E-state index contributed by atoms with van der Waals surface area (Å²) in [7, 11) is -4.09. The number of nitrogen functional groups attached to an aromatic ring is 1. The zero-order valence-electron chi connectivity index (χ0n) is 24.1. The number of ether oxygens (including phenoxy) is 3. The van der Waals surface area contributed by atoms with E-state index in [1.54, 1.807) is 27.7 Å². The van der Waals surface area contributed by atoms with E-state index in [-0.39, 0.29) is 54.7 Å². The number of hydrogen-bond donors (Lipinski definition) is 3. The van der Waals surface area contributed by atoms with Gasteiger partial charge in [0, 0.05) is 17.7 Å². The van der Waals surface area contributed by atoms with Crippen molar-refractivity contribution in [2.24, 2.45) is 5.41 Å². The average Bonchev–Trinajstić information content (AvgIpc) is 3.44. The summed E-state index contributed by atoms with van der Waals surface area (Å²) in [4.78, 5) is 36.8. The molecular formula is C24H37N6O10PS. The molecule has 2 aliphatic heterocycles. The number of thioether (sulfide) groups is 1. The van der Waals surface area contributed by atoms with Gasteiger partial charge in [0.1, 0.15) is 17.8 Å². The molecular weight excluding hydrogens is 595 g/mol. The lowest BCUT2D eigenvalue weighted by atomic mass is 9.91. The maximum Gasteiger partial charge on any atom is 0.475 e. The summed E-state index contributed by atoms with van der Waals surface area (Å²) < 4.78 is 47.7. The molecule has 0 bridgehead atoms. The van der Waals surface area contributed by atoms with Gasteiger partial charge in [-0.05, 0) is 27.2 Å². The van der Waals surface area contributed by atoms with Crippen molar-refractivity contribution in [1.82, 2.24) is 24.8 Å². The second-order valence-electron chi connectivity index (χ2n) is 10.4. The molecule has 0 aliphatic carbocycles. The number of anilines is 1. The fourth-order valence-corrected chi connectivity index (χ4v) is 6.93. The molecule has 2 aromatic heterocycles. The number of phosphoric acid groups is 1. The Labute approximate surface area is 246 Å². The van der Waals surface area contributed by atoms with Gasteiger partial charge in [0.2, 0.25) is 11.8 Å². The van der Waals surface area contributed by atoms with Crippen molar-refractivity contribution in [3.05, 3.63) is 6.33 Å². The molecule has 16 nitrogen and oxygen atoms in total. The van der Waals surface area contributed by atoms with Crippen LogP contribution >= 0.6 is 19.6 Å². The Hall–Kier alpha value is -2.53. The zero-order valence-corrected chi connectivity index (χ0v) is 25.8. The fourth-order valence-electron chi connectivity index (χ4n) is 4.50. The summed E-state index contributed by atoms with van der Waals surface area (Å²) in [6, 6.07) is 0. The van der Waals surface area contributed by atoms with Crippen LogP contribution in [-0.2, 0) is 32.4 Å². The number of imidazole rings is 1. The number of rotatable bonds is 12. The molecule has 4 heterocycles. The first-order valence-corrected chi connectivity index (χ1v) is 15.9. The number of aromatic nitrogens is 4. The topological polar surface area (TPSA) is 208 Å². The highest BCUT2D eigenvalue weighted by molar-refractivity contribution is 8.13. The summed E-state index contributed by atoms with van der Waals surface area (Å²) in [6.07, 6.45) is -1.63. The first-order chi connectivity index (χ1) is 19.8. The van der Waals surface area contributed by atoms with Crippen LogP contribution in [0.5, 0.6) is 5.88 Å². The molecule has 2 fully saturated rings. The second-order valence-corrected chi connectivity index (χ2v) is 13.1. The Bertz CT molecular complexity index is 1340. The minimum absolute atomic E-state index is 0.0479. The summed E-state index contributed by atoms with van der Waals surface area (Å²) in [5.74, 6) is 0.325. The third-order valence-corrected chi connectivity index (χ3v) is 9.35. The van der Waals surface area contributed by atoms with Gasteiger partial charge in [0.05, 0.1) is 32.8 Å². The van der Waals surface area contributed by atoms with Gasteiger partial charge in [0.25, 0.3) is 0 Å². The van der Waals surface area contributed by atoms with E-state index in [9.17, 15) is 19.3 Å². The van der Waals surface area contributed by atoms with Crippen LogP contribution in [0.3, 0.4) is 0 Å². The second kappa shape index (κ2) is 13.0. The molecule has 18 heteroatoms. The van der Waals surface area contributed by atoms with E-state index >= 15 is 0 Å². The van der Waals surface area contributed by atoms with Crippen LogP contribution in [0.25, 0.3) is 11.2 Å². The van der Waals surface area contributed by atoms with Gasteiger partial charge in [-0.1, -0.05) is 25.6 Å². The van der Waals surface area contributed by atoms with E-state index in [1.165, 1.54) is 17.8 Å². The molecule has 5 atom stereocenters.